The number of nitrogens with zero attached hydrogens (tertiary/aromatic N) is 2. The van der Waals surface area contributed by atoms with Crippen LogP contribution in [0.1, 0.15) is 17.2 Å². The summed E-state index contributed by atoms with van der Waals surface area (Å²) in [7, 11) is 4.90. The molecule has 8 heteroatoms. The van der Waals surface area contributed by atoms with Crippen LogP contribution in [0.25, 0.3) is 10.9 Å². The molecule has 2 heterocycles. The molecule has 0 radical (unpaired) electrons. The number of urea groups is 1. The molecule has 0 saturated carbocycles. The van der Waals surface area contributed by atoms with Crippen molar-refractivity contribution in [1.82, 2.24) is 15.2 Å². The Kier molecular flexibility index (Phi) is 7.49. The first-order valence-corrected chi connectivity index (χ1v) is 11.4. The molecule has 8 nitrogen and oxygen atoms in total. The molecule has 0 unspecified atom stereocenters. The predicted molar refractivity (Wildman–Crippen MR) is 133 cm³/mol. The van der Waals surface area contributed by atoms with Crippen LogP contribution in [0.3, 0.4) is 0 Å². The molecule has 2 N–H and O–H groups in total. The number of nitrogens with one attached hydrogen (secondary N) is 2. The van der Waals surface area contributed by atoms with Crippen LogP contribution in [0.5, 0.6) is 11.5 Å². The van der Waals surface area contributed by atoms with Gasteiger partial charge in [-0.1, -0.05) is 30.3 Å². The molecular formula is C26H32N4O4. The van der Waals surface area contributed by atoms with Gasteiger partial charge in [-0.15, -0.1) is 0 Å². The monoisotopic (exact) mass is 464 g/mol. The van der Waals surface area contributed by atoms with Gasteiger partial charge in [0.15, 0.2) is 11.5 Å². The maximum absolute atomic E-state index is 13.0. The van der Waals surface area contributed by atoms with Crippen LogP contribution in [0, 0.1) is 6.92 Å². The van der Waals surface area contributed by atoms with E-state index >= 15 is 0 Å². The SMILES string of the molecule is COCCN1C[C@@H](NC(=O)Nc2cc3cc(OC)c(OC)cc3nc2C)[C@H](c2ccccc2)C1. The van der Waals surface area contributed by atoms with Gasteiger partial charge in [0, 0.05) is 44.1 Å². The van der Waals surface area contributed by atoms with Crippen LogP contribution in [0.2, 0.25) is 0 Å². The van der Waals surface area contributed by atoms with E-state index in [4.69, 9.17) is 14.2 Å². The fourth-order valence-electron chi connectivity index (χ4n) is 4.52. The van der Waals surface area contributed by atoms with Gasteiger partial charge in [0.25, 0.3) is 0 Å². The van der Waals surface area contributed by atoms with Crippen molar-refractivity contribution in [1.29, 1.82) is 0 Å². The van der Waals surface area contributed by atoms with Gasteiger partial charge >= 0.3 is 6.03 Å². The third-order valence-corrected chi connectivity index (χ3v) is 6.31. The number of fused-ring (bicyclic) bond motifs is 1. The molecule has 2 aromatic carbocycles. The highest BCUT2D eigenvalue weighted by molar-refractivity contribution is 5.94. The Morgan fingerprint density at radius 3 is 2.50 bits per heavy atom. The highest BCUT2D eigenvalue weighted by atomic mass is 16.5. The van der Waals surface area contributed by atoms with Gasteiger partial charge in [-0.05, 0) is 24.6 Å². The molecule has 0 bridgehead atoms. The lowest BCUT2D eigenvalue weighted by Gasteiger charge is -2.21. The van der Waals surface area contributed by atoms with E-state index in [1.807, 2.05) is 43.3 Å². The average Bonchev–Trinajstić information content (AvgIpc) is 3.25. The zero-order valence-corrected chi connectivity index (χ0v) is 20.1. The minimum Gasteiger partial charge on any atom is -0.493 e. The van der Waals surface area contributed by atoms with Crippen LogP contribution < -0.4 is 20.1 Å². The van der Waals surface area contributed by atoms with E-state index in [9.17, 15) is 4.79 Å². The quantitative estimate of drug-likeness (QED) is 0.528. The molecule has 180 valence electrons. The molecule has 2 amide bonds. The van der Waals surface area contributed by atoms with Gasteiger partial charge in [-0.2, -0.15) is 0 Å². The van der Waals surface area contributed by atoms with E-state index in [1.165, 1.54) is 5.56 Å². The van der Waals surface area contributed by atoms with Crippen LogP contribution in [-0.4, -0.2) is 69.5 Å². The molecule has 1 fully saturated rings. The smallest absolute Gasteiger partial charge is 0.319 e. The van der Waals surface area contributed by atoms with Gasteiger partial charge in [-0.25, -0.2) is 4.79 Å². The molecule has 1 aromatic heterocycles. The lowest BCUT2D eigenvalue weighted by molar-refractivity contribution is 0.159. The Labute approximate surface area is 200 Å². The van der Waals surface area contributed by atoms with E-state index in [0.29, 0.717) is 23.8 Å². The first-order valence-electron chi connectivity index (χ1n) is 11.4. The van der Waals surface area contributed by atoms with Crippen LogP contribution in [-0.2, 0) is 4.74 Å². The minimum atomic E-state index is -0.246. The van der Waals surface area contributed by atoms with Crippen LogP contribution in [0.15, 0.2) is 48.5 Å². The first kappa shape index (κ1) is 23.8. The number of hydrogen-bond donors (Lipinski definition) is 2. The second-order valence-electron chi connectivity index (χ2n) is 8.50. The number of amides is 2. The van der Waals surface area contributed by atoms with Crippen LogP contribution in [0.4, 0.5) is 10.5 Å². The van der Waals surface area contributed by atoms with Crippen molar-refractivity contribution in [2.45, 2.75) is 18.9 Å². The Balaban J connectivity index is 1.51. The van der Waals surface area contributed by atoms with Crippen molar-refractivity contribution < 1.29 is 19.0 Å². The Hall–Kier alpha value is -3.36. The number of carbonyl (C=O) groups is 1. The lowest BCUT2D eigenvalue weighted by Crippen LogP contribution is -2.42. The molecule has 1 aliphatic rings. The van der Waals surface area contributed by atoms with Crippen molar-refractivity contribution in [3.05, 3.63) is 59.8 Å². The maximum Gasteiger partial charge on any atom is 0.319 e. The zero-order chi connectivity index (χ0) is 24.1. The Bertz CT molecular complexity index is 1140. The fourth-order valence-corrected chi connectivity index (χ4v) is 4.52. The van der Waals surface area contributed by atoms with E-state index < -0.39 is 0 Å². The van der Waals surface area contributed by atoms with Gasteiger partial charge in [0.2, 0.25) is 0 Å². The maximum atomic E-state index is 13.0. The van der Waals surface area contributed by atoms with Gasteiger partial charge in [0.1, 0.15) is 0 Å². The standard InChI is InChI=1S/C26H32N4O4/c1-17-21(12-19-13-24(33-3)25(34-4)14-22(19)27-17)28-26(31)29-23-16-30(10-11-32-2)15-20(23)18-8-6-5-7-9-18/h5-9,12-14,20,23H,10-11,15-16H2,1-4H3,(H2,28,29,31)/t20-,23+/m0/s1. The number of ether oxygens (including phenoxy) is 3. The number of hydrogen-bond acceptors (Lipinski definition) is 6. The molecule has 3 aromatic rings. The number of carbonyl (C=O) groups excluding carboxylic acids is 1. The number of anilines is 1. The number of aryl methyl sites for hydroxylation is 1. The van der Waals surface area contributed by atoms with Crippen molar-refractivity contribution in [2.24, 2.45) is 0 Å². The molecule has 1 aliphatic heterocycles. The summed E-state index contributed by atoms with van der Waals surface area (Å²) in [6, 6.07) is 15.7. The summed E-state index contributed by atoms with van der Waals surface area (Å²) in [5.74, 6) is 1.44. The zero-order valence-electron chi connectivity index (χ0n) is 20.1. The summed E-state index contributed by atoms with van der Waals surface area (Å²) in [5.41, 5.74) is 3.37. The van der Waals surface area contributed by atoms with Gasteiger partial charge in [0.05, 0.1) is 43.8 Å². The summed E-state index contributed by atoms with van der Waals surface area (Å²) in [6.45, 7) is 5.01. The summed E-state index contributed by atoms with van der Waals surface area (Å²) >= 11 is 0. The number of aromatic nitrogens is 1. The highest BCUT2D eigenvalue weighted by Gasteiger charge is 2.34. The van der Waals surface area contributed by atoms with E-state index in [1.54, 1.807) is 21.3 Å². The van der Waals surface area contributed by atoms with E-state index in [-0.39, 0.29) is 18.0 Å². The van der Waals surface area contributed by atoms with Gasteiger partial charge in [-0.3, -0.25) is 9.88 Å². The molecule has 1 saturated heterocycles. The molecule has 4 rings (SSSR count). The largest absolute Gasteiger partial charge is 0.493 e. The van der Waals surface area contributed by atoms with Gasteiger partial charge < -0.3 is 24.8 Å². The Morgan fingerprint density at radius 1 is 1.06 bits per heavy atom. The normalized spacial score (nSPS) is 18.1. The fraction of sp³-hybridized carbons (Fsp3) is 0.385. The van der Waals surface area contributed by atoms with Crippen LogP contribution >= 0.6 is 0 Å². The third kappa shape index (κ3) is 5.24. The topological polar surface area (TPSA) is 85.0 Å². The summed E-state index contributed by atoms with van der Waals surface area (Å²) < 4.78 is 16.0. The van der Waals surface area contributed by atoms with E-state index in [2.05, 4.69) is 32.7 Å². The molecule has 0 spiro atoms. The van der Waals surface area contributed by atoms with Crippen molar-refractivity contribution >= 4 is 22.6 Å². The number of benzene rings is 2. The number of rotatable bonds is 8. The second-order valence-corrected chi connectivity index (χ2v) is 8.50. The summed E-state index contributed by atoms with van der Waals surface area (Å²) in [5, 5.41) is 7.04. The average molecular weight is 465 g/mol. The second kappa shape index (κ2) is 10.7. The van der Waals surface area contributed by atoms with Crippen molar-refractivity contribution in [2.75, 3.05) is 52.9 Å². The first-order chi connectivity index (χ1) is 16.5. The Morgan fingerprint density at radius 2 is 1.79 bits per heavy atom. The minimum absolute atomic E-state index is 0.0164. The number of pyridine rings is 1. The highest BCUT2D eigenvalue weighted by Crippen LogP contribution is 2.33. The predicted octanol–water partition coefficient (Wildman–Crippen LogP) is 3.80. The molecule has 2 atom stereocenters. The van der Waals surface area contributed by atoms with Crippen molar-refractivity contribution in [3.8, 4) is 11.5 Å². The lowest BCUT2D eigenvalue weighted by atomic mass is 9.94. The van der Waals surface area contributed by atoms with E-state index in [0.717, 1.165) is 36.2 Å². The number of likely N-dealkylation sites (tertiary alicyclic amines) is 1. The summed E-state index contributed by atoms with van der Waals surface area (Å²) in [4.78, 5) is 20.0. The number of methoxy groups -OCH3 is 3. The molecule has 0 aliphatic carbocycles. The summed E-state index contributed by atoms with van der Waals surface area (Å²) in [6.07, 6.45) is 0. The van der Waals surface area contributed by atoms with Crippen molar-refractivity contribution in [3.63, 3.8) is 0 Å². The third-order valence-electron chi connectivity index (χ3n) is 6.31. The molecular weight excluding hydrogens is 432 g/mol. The molecule has 34 heavy (non-hydrogen) atoms.